The number of piperidine rings is 1. The predicted molar refractivity (Wildman–Crippen MR) is 168 cm³/mol. The van der Waals surface area contributed by atoms with Crippen LogP contribution in [0.3, 0.4) is 0 Å². The predicted octanol–water partition coefficient (Wildman–Crippen LogP) is 4.31. The largest absolute Gasteiger partial charge is 0.491 e. The van der Waals surface area contributed by atoms with Gasteiger partial charge in [0, 0.05) is 44.9 Å². The molecule has 11 nitrogen and oxygen atoms in total. The number of likely N-dealkylation sites (tertiary alicyclic amines) is 1. The molecule has 5 rings (SSSR count). The fourth-order valence-electron chi connectivity index (χ4n) is 5.21. The number of ether oxygens (including phenoxy) is 4. The molecule has 0 spiro atoms. The first-order chi connectivity index (χ1) is 21.8. The van der Waals surface area contributed by atoms with Gasteiger partial charge in [0.05, 0.1) is 35.9 Å². The summed E-state index contributed by atoms with van der Waals surface area (Å²) in [5.41, 5.74) is 2.54. The van der Waals surface area contributed by atoms with Crippen molar-refractivity contribution in [1.29, 1.82) is 0 Å². The van der Waals surface area contributed by atoms with Crippen LogP contribution in [0.25, 0.3) is 0 Å². The van der Waals surface area contributed by atoms with Gasteiger partial charge in [-0.3, -0.25) is 9.59 Å². The Bertz CT molecular complexity index is 1530. The van der Waals surface area contributed by atoms with Crippen LogP contribution in [-0.2, 0) is 16.1 Å². The number of nitrogens with zero attached hydrogens (tertiary/aromatic N) is 1. The van der Waals surface area contributed by atoms with E-state index in [4.69, 9.17) is 30.5 Å². The van der Waals surface area contributed by atoms with E-state index in [0.717, 1.165) is 11.1 Å². The third-order valence-electron chi connectivity index (χ3n) is 7.51. The van der Waals surface area contributed by atoms with Gasteiger partial charge in [-0.15, -0.1) is 0 Å². The molecule has 4 amide bonds. The molecule has 45 heavy (non-hydrogen) atoms. The third-order valence-corrected chi connectivity index (χ3v) is 7.84. The lowest BCUT2D eigenvalue weighted by molar-refractivity contribution is -0.0235. The molecule has 0 radical (unpaired) electrons. The summed E-state index contributed by atoms with van der Waals surface area (Å²) < 4.78 is 23.4. The summed E-state index contributed by atoms with van der Waals surface area (Å²) in [4.78, 5) is 41.0. The molecule has 0 saturated carbocycles. The summed E-state index contributed by atoms with van der Waals surface area (Å²) >= 11 is 6.37. The topological polar surface area (TPSA) is 127 Å². The van der Waals surface area contributed by atoms with Gasteiger partial charge < -0.3 is 39.8 Å². The second-order valence-corrected chi connectivity index (χ2v) is 11.3. The van der Waals surface area contributed by atoms with E-state index in [1.807, 2.05) is 31.2 Å². The van der Waals surface area contributed by atoms with Gasteiger partial charge in [-0.1, -0.05) is 35.4 Å². The van der Waals surface area contributed by atoms with Crippen molar-refractivity contribution in [1.82, 2.24) is 20.9 Å². The highest BCUT2D eigenvalue weighted by atomic mass is 35.5. The van der Waals surface area contributed by atoms with Crippen molar-refractivity contribution in [3.05, 3.63) is 87.9 Å². The van der Waals surface area contributed by atoms with Crippen molar-refractivity contribution in [3.8, 4) is 17.2 Å². The average molecular weight is 637 g/mol. The molecule has 3 aromatic carbocycles. The third kappa shape index (κ3) is 8.65. The Labute approximate surface area is 267 Å². The van der Waals surface area contributed by atoms with Crippen molar-refractivity contribution < 1.29 is 33.3 Å². The Hall–Kier alpha value is -4.32. The SMILES string of the molecule is COCCOc1cc2cc(c1)C(=O)NCCNC(=O)N[C@H]1CCN(C(=O)c3cc(C)ccc3Cl)C[C@@H]1OCc1cccc(c1)O2. The molecule has 0 aromatic heterocycles. The number of rotatable bonds is 5. The second kappa shape index (κ2) is 15.1. The van der Waals surface area contributed by atoms with Gasteiger partial charge in [0.2, 0.25) is 0 Å². The van der Waals surface area contributed by atoms with Crippen LogP contribution >= 0.6 is 11.6 Å². The molecular weight excluding hydrogens is 600 g/mol. The van der Waals surface area contributed by atoms with Crippen LogP contribution in [0.15, 0.2) is 60.7 Å². The number of halogens is 1. The fraction of sp³-hybridized carbons (Fsp3) is 0.364. The number of carbonyl (C=O) groups is 3. The summed E-state index contributed by atoms with van der Waals surface area (Å²) in [5, 5.41) is 8.99. The molecule has 2 heterocycles. The first-order valence-electron chi connectivity index (χ1n) is 14.8. The highest BCUT2D eigenvalue weighted by Gasteiger charge is 2.34. The maximum absolute atomic E-state index is 13.5. The van der Waals surface area contributed by atoms with E-state index in [-0.39, 0.29) is 44.1 Å². The van der Waals surface area contributed by atoms with E-state index in [9.17, 15) is 14.4 Å². The van der Waals surface area contributed by atoms with Gasteiger partial charge in [-0.25, -0.2) is 4.79 Å². The molecule has 12 heteroatoms. The molecule has 3 aromatic rings. The van der Waals surface area contributed by atoms with Crippen molar-refractivity contribution in [2.24, 2.45) is 0 Å². The van der Waals surface area contributed by atoms with Gasteiger partial charge in [0.25, 0.3) is 11.8 Å². The highest BCUT2D eigenvalue weighted by molar-refractivity contribution is 6.33. The van der Waals surface area contributed by atoms with E-state index in [0.29, 0.717) is 59.6 Å². The number of hydrogen-bond donors (Lipinski definition) is 3. The Morgan fingerprint density at radius 1 is 1.02 bits per heavy atom. The zero-order valence-corrected chi connectivity index (χ0v) is 26.0. The van der Waals surface area contributed by atoms with Crippen LogP contribution in [0.2, 0.25) is 5.02 Å². The fourth-order valence-corrected chi connectivity index (χ4v) is 5.41. The van der Waals surface area contributed by atoms with E-state index in [2.05, 4.69) is 16.0 Å². The van der Waals surface area contributed by atoms with Crippen LogP contribution < -0.4 is 25.4 Å². The van der Waals surface area contributed by atoms with Crippen LogP contribution in [0.4, 0.5) is 4.79 Å². The lowest BCUT2D eigenvalue weighted by atomic mass is 10.00. The highest BCUT2D eigenvalue weighted by Crippen LogP contribution is 2.29. The lowest BCUT2D eigenvalue weighted by Crippen LogP contribution is -2.58. The Kier molecular flexibility index (Phi) is 10.8. The lowest BCUT2D eigenvalue weighted by Gasteiger charge is -2.39. The van der Waals surface area contributed by atoms with Crippen molar-refractivity contribution in [2.45, 2.75) is 32.1 Å². The second-order valence-electron chi connectivity index (χ2n) is 10.9. The molecule has 4 bridgehead atoms. The van der Waals surface area contributed by atoms with Crippen molar-refractivity contribution in [2.75, 3.05) is 46.5 Å². The minimum atomic E-state index is -0.497. The van der Waals surface area contributed by atoms with Crippen LogP contribution in [0.1, 0.15) is 38.3 Å². The van der Waals surface area contributed by atoms with Crippen molar-refractivity contribution >= 4 is 29.4 Å². The van der Waals surface area contributed by atoms with Gasteiger partial charge in [0.15, 0.2) is 0 Å². The first kappa shape index (κ1) is 32.1. The van der Waals surface area contributed by atoms with Gasteiger partial charge in [-0.05, 0) is 55.3 Å². The van der Waals surface area contributed by atoms with E-state index >= 15 is 0 Å². The van der Waals surface area contributed by atoms with Crippen LogP contribution in [0, 0.1) is 6.92 Å². The molecule has 3 N–H and O–H groups in total. The van der Waals surface area contributed by atoms with Gasteiger partial charge in [-0.2, -0.15) is 0 Å². The zero-order chi connectivity index (χ0) is 31.8. The summed E-state index contributed by atoms with van der Waals surface area (Å²) in [5.74, 6) is 0.890. The Balaban J connectivity index is 1.37. The Morgan fingerprint density at radius 3 is 2.71 bits per heavy atom. The molecule has 238 valence electrons. The molecular formula is C33H37ClN4O7. The monoisotopic (exact) mass is 636 g/mol. The summed E-state index contributed by atoms with van der Waals surface area (Å²) in [6.45, 7) is 3.88. The number of urea groups is 1. The van der Waals surface area contributed by atoms with E-state index in [1.165, 1.54) is 0 Å². The number of nitrogens with one attached hydrogen (secondary N) is 3. The number of carbonyl (C=O) groups excluding carboxylic acids is 3. The maximum Gasteiger partial charge on any atom is 0.315 e. The number of amides is 4. The standard InChI is InChI=1S/C33H37ClN4O7/c1-21-6-7-28(34)27(14-21)32(40)38-11-8-29-30(19-38)44-20-22-4-3-5-24(15-22)45-26-17-23(16-25(18-26)43-13-12-42-2)31(39)35-9-10-36-33(41)37-29/h3-7,14-18,29-30H,8-13,19-20H2,1-2H3,(H,35,39)(H2,36,37,41)/t29-,30-/m0/s1. The molecule has 2 aliphatic rings. The summed E-state index contributed by atoms with van der Waals surface area (Å²) in [7, 11) is 1.58. The van der Waals surface area contributed by atoms with Crippen molar-refractivity contribution in [3.63, 3.8) is 0 Å². The molecule has 1 saturated heterocycles. The van der Waals surface area contributed by atoms with E-state index in [1.54, 1.807) is 48.4 Å². The number of benzene rings is 3. The number of fused-ring (bicyclic) bond motifs is 5. The molecule has 2 atom stereocenters. The van der Waals surface area contributed by atoms with Gasteiger partial charge in [0.1, 0.15) is 23.9 Å². The number of hydrogen-bond acceptors (Lipinski definition) is 7. The minimum absolute atomic E-state index is 0.186. The molecule has 2 aliphatic heterocycles. The normalized spacial score (nSPS) is 19.0. The Morgan fingerprint density at radius 2 is 1.87 bits per heavy atom. The quantitative estimate of drug-likeness (QED) is 0.356. The maximum atomic E-state index is 13.5. The summed E-state index contributed by atoms with van der Waals surface area (Å²) in [6, 6.07) is 17.0. The molecule has 1 fully saturated rings. The zero-order valence-electron chi connectivity index (χ0n) is 25.3. The minimum Gasteiger partial charge on any atom is -0.491 e. The smallest absolute Gasteiger partial charge is 0.315 e. The molecule has 0 unspecified atom stereocenters. The molecule has 0 aliphatic carbocycles. The summed E-state index contributed by atoms with van der Waals surface area (Å²) in [6.07, 6.45) is -0.0139. The van der Waals surface area contributed by atoms with Crippen LogP contribution in [-0.4, -0.2) is 81.4 Å². The average Bonchev–Trinajstić information content (AvgIpc) is 3.03. The van der Waals surface area contributed by atoms with Gasteiger partial charge >= 0.3 is 6.03 Å². The van der Waals surface area contributed by atoms with E-state index < -0.39 is 12.1 Å². The van der Waals surface area contributed by atoms with Crippen LogP contribution in [0.5, 0.6) is 17.2 Å². The number of methoxy groups -OCH3 is 1. The number of aryl methyl sites for hydroxylation is 1. The first-order valence-corrected chi connectivity index (χ1v) is 15.2.